The summed E-state index contributed by atoms with van der Waals surface area (Å²) in [5.41, 5.74) is 24.0. The highest BCUT2D eigenvalue weighted by molar-refractivity contribution is 6.13. The number of anilines is 3. The Labute approximate surface area is 443 Å². The summed E-state index contributed by atoms with van der Waals surface area (Å²) in [5, 5.41) is 2.56. The Morgan fingerprint density at radius 3 is 1.63 bits per heavy atom. The lowest BCUT2D eigenvalue weighted by Crippen LogP contribution is -2.34. The molecule has 3 aliphatic carbocycles. The predicted octanol–water partition coefficient (Wildman–Crippen LogP) is 18.4. The van der Waals surface area contributed by atoms with Crippen LogP contribution < -0.4 is 4.90 Å². The van der Waals surface area contributed by atoms with E-state index in [0.29, 0.717) is 0 Å². The predicted molar refractivity (Wildman–Crippen MR) is 314 cm³/mol. The number of hydrogen-bond acceptors (Lipinski definition) is 1. The number of allylic oxidation sites excluding steroid dienone is 4. The highest BCUT2D eigenvalue weighted by atomic mass is 15.2. The second-order valence-corrected chi connectivity index (χ2v) is 21.0. The zero-order chi connectivity index (χ0) is 50.0. The van der Waals surface area contributed by atoms with E-state index in [2.05, 4.69) is 301 Å². The van der Waals surface area contributed by atoms with Gasteiger partial charge in [-0.25, -0.2) is 0 Å². The highest BCUT2D eigenvalue weighted by Crippen LogP contribution is 2.66. The minimum absolute atomic E-state index is 0.0987. The molecule has 76 heavy (non-hydrogen) atoms. The van der Waals surface area contributed by atoms with Crippen molar-refractivity contribution in [2.45, 2.75) is 16.7 Å². The molecule has 12 aromatic rings. The summed E-state index contributed by atoms with van der Waals surface area (Å²) < 4.78 is 2.54. The van der Waals surface area contributed by atoms with Gasteiger partial charge in [0.1, 0.15) is 0 Å². The Kier molecular flexibility index (Phi) is 9.33. The molecule has 1 aromatic heterocycles. The maximum atomic E-state index is 2.62. The molecule has 0 radical (unpaired) electrons. The number of hydrogen-bond donors (Lipinski definition) is 0. The van der Waals surface area contributed by atoms with Crippen molar-refractivity contribution in [3.8, 4) is 39.1 Å². The first-order valence-electron chi connectivity index (χ1n) is 26.8. The standard InChI is InChI=1S/C74H50N2/c1-4-21-49(22-5-1)50-41-43-51(44-42-50)52-45-47-55(48-46-52)75(68-39-19-34-63-70(68)58-28-10-13-31-60(58)73(63,53-23-6-2-7-24-53)54-25-8-3-9-26-54)69-40-20-35-64-71(69)59-29-11-14-32-61(59)74(64)62-33-15-17-38-67(62)76-66-37-16-12-27-56(66)57-30-18-36-65(74)72(57)76/h1-48,58,60H. The Balaban J connectivity index is 0.974. The van der Waals surface area contributed by atoms with E-state index in [9.17, 15) is 0 Å². The normalized spacial score (nSPS) is 17.8. The molecule has 1 aliphatic heterocycles. The van der Waals surface area contributed by atoms with Crippen LogP contribution in [0.25, 0.3) is 60.9 Å². The van der Waals surface area contributed by atoms with E-state index >= 15 is 0 Å². The van der Waals surface area contributed by atoms with E-state index in [0.717, 1.165) is 11.4 Å². The molecule has 11 aromatic carbocycles. The summed E-state index contributed by atoms with van der Waals surface area (Å²) in [6.07, 6.45) is 9.51. The van der Waals surface area contributed by atoms with E-state index in [1.165, 1.54) is 111 Å². The number of para-hydroxylation sites is 3. The molecule has 0 fully saturated rings. The SMILES string of the molecule is C1=CC2c3c(N(c4ccc(-c5ccc(-c6ccccc6)cc5)cc4)c4cccc5c4-c4ccccc4C54c5ccccc5-n5c6ccccc6c6cccc4c65)cccc3C(c3ccccc3)(c3ccccc3)C2C=C1. The molecule has 2 heterocycles. The molecule has 3 atom stereocenters. The van der Waals surface area contributed by atoms with Crippen LogP contribution in [-0.4, -0.2) is 4.57 Å². The largest absolute Gasteiger partial charge is 0.310 e. The van der Waals surface area contributed by atoms with E-state index < -0.39 is 10.8 Å². The topological polar surface area (TPSA) is 8.17 Å². The maximum Gasteiger partial charge on any atom is 0.0755 e. The summed E-state index contributed by atoms with van der Waals surface area (Å²) in [4.78, 5) is 2.62. The zero-order valence-electron chi connectivity index (χ0n) is 41.8. The van der Waals surface area contributed by atoms with Gasteiger partial charge in [-0.05, 0) is 109 Å². The van der Waals surface area contributed by atoms with Gasteiger partial charge in [-0.15, -0.1) is 0 Å². The summed E-state index contributed by atoms with van der Waals surface area (Å²) in [5.74, 6) is 0.236. The monoisotopic (exact) mass is 966 g/mol. The lowest BCUT2D eigenvalue weighted by atomic mass is 9.63. The van der Waals surface area contributed by atoms with E-state index in [1.807, 2.05) is 0 Å². The molecule has 3 unspecified atom stereocenters. The average Bonchev–Trinajstić information content (AvgIpc) is 4.21. The molecule has 0 amide bonds. The van der Waals surface area contributed by atoms with Crippen molar-refractivity contribution >= 4 is 38.9 Å². The second-order valence-electron chi connectivity index (χ2n) is 21.0. The fourth-order valence-corrected chi connectivity index (χ4v) is 14.7. The molecule has 356 valence electrons. The van der Waals surface area contributed by atoms with Crippen molar-refractivity contribution in [2.24, 2.45) is 5.92 Å². The van der Waals surface area contributed by atoms with Crippen molar-refractivity contribution in [1.29, 1.82) is 0 Å². The van der Waals surface area contributed by atoms with Crippen molar-refractivity contribution in [3.63, 3.8) is 0 Å². The van der Waals surface area contributed by atoms with Crippen LogP contribution in [0, 0.1) is 5.92 Å². The van der Waals surface area contributed by atoms with Gasteiger partial charge < -0.3 is 9.47 Å². The van der Waals surface area contributed by atoms with Gasteiger partial charge in [-0.3, -0.25) is 0 Å². The summed E-state index contributed by atoms with van der Waals surface area (Å²) >= 11 is 0. The fraction of sp³-hybridized carbons (Fsp3) is 0.0541. The summed E-state index contributed by atoms with van der Waals surface area (Å²) in [6.45, 7) is 0. The molecule has 1 spiro atoms. The Morgan fingerprint density at radius 2 is 0.895 bits per heavy atom. The van der Waals surface area contributed by atoms with Gasteiger partial charge in [0.25, 0.3) is 0 Å². The van der Waals surface area contributed by atoms with Crippen molar-refractivity contribution < 1.29 is 0 Å². The quantitative estimate of drug-likeness (QED) is 0.155. The van der Waals surface area contributed by atoms with Crippen LogP contribution in [0.15, 0.2) is 291 Å². The van der Waals surface area contributed by atoms with Gasteiger partial charge in [-0.1, -0.05) is 255 Å². The van der Waals surface area contributed by atoms with E-state index in [4.69, 9.17) is 0 Å². The van der Waals surface area contributed by atoms with Gasteiger partial charge in [-0.2, -0.15) is 0 Å². The van der Waals surface area contributed by atoms with E-state index in [-0.39, 0.29) is 11.8 Å². The first-order valence-corrected chi connectivity index (χ1v) is 26.8. The van der Waals surface area contributed by atoms with Crippen LogP contribution in [-0.2, 0) is 10.8 Å². The zero-order valence-corrected chi connectivity index (χ0v) is 41.8. The van der Waals surface area contributed by atoms with Crippen molar-refractivity contribution in [3.05, 3.63) is 336 Å². The van der Waals surface area contributed by atoms with Gasteiger partial charge in [0.05, 0.1) is 38.9 Å². The third kappa shape index (κ3) is 5.76. The molecule has 16 rings (SSSR count). The van der Waals surface area contributed by atoms with Gasteiger partial charge in [0, 0.05) is 33.9 Å². The molecule has 0 saturated carbocycles. The Bertz CT molecular complexity index is 4300. The number of aromatic nitrogens is 1. The average molecular weight is 967 g/mol. The molecular formula is C74H50N2. The minimum Gasteiger partial charge on any atom is -0.310 e. The molecule has 2 heteroatoms. The van der Waals surface area contributed by atoms with Crippen molar-refractivity contribution in [2.75, 3.05) is 4.90 Å². The maximum absolute atomic E-state index is 2.62. The lowest BCUT2D eigenvalue weighted by molar-refractivity contribution is 0.457. The number of benzene rings is 11. The van der Waals surface area contributed by atoms with Crippen LogP contribution in [0.1, 0.15) is 50.4 Å². The highest BCUT2D eigenvalue weighted by Gasteiger charge is 2.55. The number of fused-ring (bicyclic) bond motifs is 15. The Hall–Kier alpha value is -9.50. The molecular weight excluding hydrogens is 917 g/mol. The number of rotatable bonds is 7. The van der Waals surface area contributed by atoms with Crippen LogP contribution in [0.2, 0.25) is 0 Å². The van der Waals surface area contributed by atoms with E-state index in [1.54, 1.807) is 0 Å². The third-order valence-corrected chi connectivity index (χ3v) is 17.6. The first-order chi connectivity index (χ1) is 37.7. The first kappa shape index (κ1) is 43.0. The van der Waals surface area contributed by atoms with Crippen LogP contribution in [0.3, 0.4) is 0 Å². The van der Waals surface area contributed by atoms with Crippen molar-refractivity contribution in [1.82, 2.24) is 4.57 Å². The summed E-state index contributed by atoms with van der Waals surface area (Å²) in [6, 6.07) is 100. The minimum atomic E-state index is -0.597. The molecule has 0 saturated heterocycles. The smallest absolute Gasteiger partial charge is 0.0755 e. The van der Waals surface area contributed by atoms with Gasteiger partial charge >= 0.3 is 0 Å². The summed E-state index contributed by atoms with van der Waals surface area (Å²) in [7, 11) is 0. The number of nitrogens with zero attached hydrogens (tertiary/aromatic N) is 2. The van der Waals surface area contributed by atoms with Gasteiger partial charge in [0.2, 0.25) is 0 Å². The molecule has 2 nitrogen and oxygen atoms in total. The van der Waals surface area contributed by atoms with Crippen LogP contribution >= 0.6 is 0 Å². The fourth-order valence-electron chi connectivity index (χ4n) is 14.7. The lowest BCUT2D eigenvalue weighted by Gasteiger charge is -2.39. The van der Waals surface area contributed by atoms with Crippen LogP contribution in [0.4, 0.5) is 17.1 Å². The van der Waals surface area contributed by atoms with Gasteiger partial charge in [0.15, 0.2) is 0 Å². The molecule has 0 bridgehead atoms. The molecule has 0 N–H and O–H groups in total. The third-order valence-electron chi connectivity index (χ3n) is 17.6. The molecule has 4 aliphatic rings. The van der Waals surface area contributed by atoms with Crippen LogP contribution in [0.5, 0.6) is 0 Å². The second kappa shape index (κ2) is 16.5. The Morgan fingerprint density at radius 1 is 0.368 bits per heavy atom.